The molecule has 0 spiro atoms. The molecule has 0 aromatic carbocycles. The first-order chi connectivity index (χ1) is 6.15. The van der Waals surface area contributed by atoms with Gasteiger partial charge in [-0.05, 0) is 25.0 Å². The molecule has 1 rings (SSSR count). The number of nitrogens with zero attached hydrogens (tertiary/aromatic N) is 1. The molecule has 0 aliphatic carbocycles. The van der Waals surface area contributed by atoms with Crippen molar-refractivity contribution in [2.24, 2.45) is 5.73 Å². The van der Waals surface area contributed by atoms with Gasteiger partial charge < -0.3 is 5.73 Å². The summed E-state index contributed by atoms with van der Waals surface area (Å²) in [5.74, 6) is -0.378. The van der Waals surface area contributed by atoms with E-state index in [9.17, 15) is 4.79 Å². The van der Waals surface area contributed by atoms with E-state index in [4.69, 9.17) is 5.73 Å². The van der Waals surface area contributed by atoms with Gasteiger partial charge in [-0.15, -0.1) is 0 Å². The maximum Gasteiger partial charge on any atom is 0.249 e. The van der Waals surface area contributed by atoms with E-state index in [-0.39, 0.29) is 5.91 Å². The summed E-state index contributed by atoms with van der Waals surface area (Å²) in [6.45, 7) is 3.91. The number of amides is 1. The minimum absolute atomic E-state index is 0.378. The number of rotatable bonds is 3. The maximum absolute atomic E-state index is 11.0. The quantitative estimate of drug-likeness (QED) is 0.761. The third kappa shape index (κ3) is 2.28. The summed E-state index contributed by atoms with van der Waals surface area (Å²) in [5, 5.41) is 0. The van der Waals surface area contributed by atoms with Crippen LogP contribution in [-0.4, -0.2) is 10.9 Å². The number of carbonyl (C=O) groups excluding carboxylic acids is 1. The van der Waals surface area contributed by atoms with Gasteiger partial charge in [0.05, 0.1) is 0 Å². The number of hydrogen-bond acceptors (Lipinski definition) is 2. The lowest BCUT2D eigenvalue weighted by molar-refractivity contribution is 0.0999. The van der Waals surface area contributed by atoms with E-state index >= 15 is 0 Å². The van der Waals surface area contributed by atoms with Gasteiger partial charge in [-0.1, -0.05) is 13.3 Å². The van der Waals surface area contributed by atoms with Gasteiger partial charge >= 0.3 is 0 Å². The highest BCUT2D eigenvalue weighted by molar-refractivity contribution is 5.94. The zero-order valence-electron chi connectivity index (χ0n) is 8.00. The van der Waals surface area contributed by atoms with Crippen LogP contribution < -0.4 is 5.73 Å². The fourth-order valence-corrected chi connectivity index (χ4v) is 1.23. The van der Waals surface area contributed by atoms with Crippen molar-refractivity contribution in [1.29, 1.82) is 0 Å². The zero-order chi connectivity index (χ0) is 9.84. The van der Waals surface area contributed by atoms with E-state index in [1.165, 1.54) is 0 Å². The second-order valence-corrected chi connectivity index (χ2v) is 3.10. The number of nitrogens with two attached hydrogens (primary N) is 1. The number of hydrogen-bond donors (Lipinski definition) is 1. The molecule has 0 saturated carbocycles. The van der Waals surface area contributed by atoms with E-state index < -0.39 is 0 Å². The summed E-state index contributed by atoms with van der Waals surface area (Å²) < 4.78 is 0. The maximum atomic E-state index is 11.0. The highest BCUT2D eigenvalue weighted by Crippen LogP contribution is 2.08. The average molecular weight is 178 g/mol. The van der Waals surface area contributed by atoms with Crippen LogP contribution in [0.25, 0.3) is 0 Å². The highest BCUT2D eigenvalue weighted by Gasteiger charge is 2.05. The van der Waals surface area contributed by atoms with Crippen molar-refractivity contribution in [3.05, 3.63) is 29.1 Å². The van der Waals surface area contributed by atoms with E-state index in [1.54, 1.807) is 12.3 Å². The van der Waals surface area contributed by atoms with Gasteiger partial charge in [0.15, 0.2) is 0 Å². The van der Waals surface area contributed by atoms with Gasteiger partial charge in [-0.3, -0.25) is 9.78 Å². The van der Waals surface area contributed by atoms with Crippen LogP contribution in [0.5, 0.6) is 0 Å². The normalized spacial score (nSPS) is 10.0. The van der Waals surface area contributed by atoms with Crippen molar-refractivity contribution in [3.63, 3.8) is 0 Å². The molecular weight excluding hydrogens is 164 g/mol. The summed E-state index contributed by atoms with van der Waals surface area (Å²) in [4.78, 5) is 15.2. The van der Waals surface area contributed by atoms with Gasteiger partial charge in [0.2, 0.25) is 5.91 Å². The molecule has 3 nitrogen and oxygen atoms in total. The molecule has 1 aromatic rings. The van der Waals surface area contributed by atoms with Crippen molar-refractivity contribution in [2.75, 3.05) is 0 Å². The molecule has 0 aliphatic heterocycles. The Morgan fingerprint density at radius 3 is 2.85 bits per heavy atom. The Hall–Kier alpha value is -1.38. The molecular formula is C10H14N2O. The van der Waals surface area contributed by atoms with Crippen LogP contribution in [0.1, 0.15) is 35.0 Å². The lowest BCUT2D eigenvalue weighted by Gasteiger charge is -2.03. The lowest BCUT2D eigenvalue weighted by atomic mass is 10.1. The van der Waals surface area contributed by atoms with E-state index in [1.807, 2.05) is 6.92 Å². The Morgan fingerprint density at radius 1 is 1.62 bits per heavy atom. The third-order valence-corrected chi connectivity index (χ3v) is 1.93. The van der Waals surface area contributed by atoms with Gasteiger partial charge in [0.1, 0.15) is 0 Å². The Balaban J connectivity index is 3.04. The summed E-state index contributed by atoms with van der Waals surface area (Å²) >= 11 is 0. The van der Waals surface area contributed by atoms with Crippen molar-refractivity contribution in [1.82, 2.24) is 4.98 Å². The Labute approximate surface area is 78.0 Å². The molecule has 3 heteroatoms. The first-order valence-corrected chi connectivity index (χ1v) is 4.40. The minimum atomic E-state index is -0.378. The largest absolute Gasteiger partial charge is 0.366 e. The van der Waals surface area contributed by atoms with Crippen molar-refractivity contribution >= 4 is 5.91 Å². The van der Waals surface area contributed by atoms with Gasteiger partial charge in [-0.2, -0.15) is 0 Å². The number of primary amides is 1. The minimum Gasteiger partial charge on any atom is -0.366 e. The van der Waals surface area contributed by atoms with Gasteiger partial charge in [0, 0.05) is 17.5 Å². The molecule has 0 fully saturated rings. The number of aryl methyl sites for hydroxylation is 2. The number of aromatic nitrogens is 1. The van der Waals surface area contributed by atoms with Crippen LogP contribution in [0.3, 0.4) is 0 Å². The van der Waals surface area contributed by atoms with Crippen molar-refractivity contribution in [3.8, 4) is 0 Å². The summed E-state index contributed by atoms with van der Waals surface area (Å²) in [6, 6.07) is 1.78. The molecule has 2 N–H and O–H groups in total. The van der Waals surface area contributed by atoms with Crippen LogP contribution in [0, 0.1) is 6.92 Å². The van der Waals surface area contributed by atoms with Gasteiger partial charge in [0.25, 0.3) is 0 Å². The fraction of sp³-hybridized carbons (Fsp3) is 0.400. The Kier molecular flexibility index (Phi) is 3.01. The van der Waals surface area contributed by atoms with E-state index in [2.05, 4.69) is 11.9 Å². The molecule has 0 saturated heterocycles. The molecule has 0 bridgehead atoms. The molecule has 0 aliphatic rings. The molecule has 1 amide bonds. The molecule has 0 atom stereocenters. The molecule has 1 aromatic heterocycles. The smallest absolute Gasteiger partial charge is 0.249 e. The highest BCUT2D eigenvalue weighted by atomic mass is 16.1. The topological polar surface area (TPSA) is 56.0 Å². The Bertz CT molecular complexity index is 321. The molecule has 0 unspecified atom stereocenters. The molecule has 1 heterocycles. The number of pyridine rings is 1. The Morgan fingerprint density at radius 2 is 2.31 bits per heavy atom. The average Bonchev–Trinajstić information content (AvgIpc) is 2.08. The first kappa shape index (κ1) is 9.71. The zero-order valence-corrected chi connectivity index (χ0v) is 8.00. The molecule has 13 heavy (non-hydrogen) atoms. The van der Waals surface area contributed by atoms with Crippen LogP contribution in [0.2, 0.25) is 0 Å². The predicted octanol–water partition coefficient (Wildman–Crippen LogP) is 1.44. The first-order valence-electron chi connectivity index (χ1n) is 4.40. The van der Waals surface area contributed by atoms with Crippen molar-refractivity contribution < 1.29 is 4.79 Å². The molecule has 0 radical (unpaired) electrons. The van der Waals surface area contributed by atoms with Crippen molar-refractivity contribution in [2.45, 2.75) is 26.7 Å². The van der Waals surface area contributed by atoms with Crippen LogP contribution in [0.15, 0.2) is 12.3 Å². The number of carbonyl (C=O) groups is 1. The predicted molar refractivity (Wildman–Crippen MR) is 51.5 cm³/mol. The fourth-order valence-electron chi connectivity index (χ4n) is 1.23. The second kappa shape index (κ2) is 4.03. The molecule has 70 valence electrons. The van der Waals surface area contributed by atoms with Crippen LogP contribution in [0.4, 0.5) is 0 Å². The van der Waals surface area contributed by atoms with E-state index in [0.717, 1.165) is 24.1 Å². The van der Waals surface area contributed by atoms with Crippen LogP contribution in [-0.2, 0) is 6.42 Å². The standard InChI is InChI=1S/C10H14N2O/c1-3-4-8-5-9(10(11)13)7(2)6-12-8/h5-6H,3-4H2,1-2H3,(H2,11,13). The van der Waals surface area contributed by atoms with Crippen LogP contribution >= 0.6 is 0 Å². The summed E-state index contributed by atoms with van der Waals surface area (Å²) in [7, 11) is 0. The SMILES string of the molecule is CCCc1cc(C(N)=O)c(C)cn1. The second-order valence-electron chi connectivity index (χ2n) is 3.10. The van der Waals surface area contributed by atoms with E-state index in [0.29, 0.717) is 5.56 Å². The monoisotopic (exact) mass is 178 g/mol. The lowest BCUT2D eigenvalue weighted by Crippen LogP contribution is -2.13. The summed E-state index contributed by atoms with van der Waals surface area (Å²) in [6.07, 6.45) is 3.61. The third-order valence-electron chi connectivity index (χ3n) is 1.93. The summed E-state index contributed by atoms with van der Waals surface area (Å²) in [5.41, 5.74) is 7.57. The van der Waals surface area contributed by atoms with Gasteiger partial charge in [-0.25, -0.2) is 0 Å².